The number of hydrogen-bond donors (Lipinski definition) is 5. The van der Waals surface area contributed by atoms with Gasteiger partial charge in [0.05, 0.1) is 21.9 Å². The molecule has 7 aromatic rings. The van der Waals surface area contributed by atoms with Crippen molar-refractivity contribution in [3.63, 3.8) is 0 Å². The topological polar surface area (TPSA) is 124 Å². The zero-order valence-corrected chi connectivity index (χ0v) is 19.2. The fraction of sp³-hybridized carbons (Fsp3) is 0. The van der Waals surface area contributed by atoms with E-state index < -0.39 is 28.7 Å². The van der Waals surface area contributed by atoms with E-state index in [1.54, 1.807) is 16.8 Å². The maximum atomic E-state index is 10.9. The van der Waals surface area contributed by atoms with E-state index in [0.29, 0.717) is 16.7 Å². The number of nitrogens with zero attached hydrogens (tertiary/aromatic N) is 3. The molecule has 0 spiro atoms. The van der Waals surface area contributed by atoms with Crippen molar-refractivity contribution in [3.05, 3.63) is 85.1 Å². The lowest BCUT2D eigenvalue weighted by Gasteiger charge is -2.15. The largest absolute Gasteiger partial charge is 0.503 e. The van der Waals surface area contributed by atoms with Crippen LogP contribution in [0.4, 0.5) is 0 Å². The Morgan fingerprint density at radius 2 is 1.05 bits per heavy atom. The van der Waals surface area contributed by atoms with E-state index in [2.05, 4.69) is 0 Å². The second-order valence-corrected chi connectivity index (χ2v) is 8.85. The Morgan fingerprint density at radius 3 is 1.73 bits per heavy atom. The SMILES string of the molecule is Oc1c(O)c(O)c(-n2c3ccccc3c3cnc4c(c5ccccc5n4-c4ccccc4)c32)c(O)c1O. The van der Waals surface area contributed by atoms with Gasteiger partial charge >= 0.3 is 0 Å². The number of phenols is 5. The predicted octanol–water partition coefficient (Wildman–Crippen LogP) is 5.80. The first-order valence-electron chi connectivity index (χ1n) is 11.5. The first kappa shape index (κ1) is 21.0. The van der Waals surface area contributed by atoms with Crippen LogP contribution in [0, 0.1) is 0 Å². The summed E-state index contributed by atoms with van der Waals surface area (Å²) in [5.41, 5.74) is 3.41. The molecule has 0 atom stereocenters. The van der Waals surface area contributed by atoms with Gasteiger partial charge in [0.2, 0.25) is 17.2 Å². The molecule has 4 aromatic carbocycles. The highest BCUT2D eigenvalue weighted by Crippen LogP contribution is 2.54. The van der Waals surface area contributed by atoms with Crippen molar-refractivity contribution < 1.29 is 25.5 Å². The van der Waals surface area contributed by atoms with Crippen molar-refractivity contribution in [2.45, 2.75) is 0 Å². The van der Waals surface area contributed by atoms with Gasteiger partial charge in [0.1, 0.15) is 11.3 Å². The average molecular weight is 489 g/mol. The highest BCUT2D eigenvalue weighted by Gasteiger charge is 2.29. The molecule has 7 rings (SSSR count). The molecular formula is C29H19N3O5. The third kappa shape index (κ3) is 2.63. The number of hydrogen-bond acceptors (Lipinski definition) is 6. The Kier molecular flexibility index (Phi) is 4.14. The molecule has 0 fully saturated rings. The summed E-state index contributed by atoms with van der Waals surface area (Å²) >= 11 is 0. The monoisotopic (exact) mass is 489 g/mol. The minimum Gasteiger partial charge on any atom is -0.503 e. The molecule has 8 heteroatoms. The van der Waals surface area contributed by atoms with Gasteiger partial charge in [-0.05, 0) is 24.3 Å². The number of benzene rings is 4. The zero-order chi connectivity index (χ0) is 25.4. The third-order valence-electron chi connectivity index (χ3n) is 6.90. The molecule has 3 aromatic heterocycles. The van der Waals surface area contributed by atoms with Gasteiger partial charge in [-0.25, -0.2) is 4.98 Å². The van der Waals surface area contributed by atoms with E-state index >= 15 is 0 Å². The van der Waals surface area contributed by atoms with E-state index in [-0.39, 0.29) is 5.69 Å². The Morgan fingerprint density at radius 1 is 0.514 bits per heavy atom. The molecule has 37 heavy (non-hydrogen) atoms. The van der Waals surface area contributed by atoms with Crippen LogP contribution < -0.4 is 0 Å². The van der Waals surface area contributed by atoms with Gasteiger partial charge in [0, 0.05) is 28.0 Å². The molecule has 0 saturated heterocycles. The number of phenolic OH excluding ortho intramolecular Hbond substituents is 5. The van der Waals surface area contributed by atoms with Crippen LogP contribution in [0.3, 0.4) is 0 Å². The summed E-state index contributed by atoms with van der Waals surface area (Å²) in [4.78, 5) is 4.86. The predicted molar refractivity (Wildman–Crippen MR) is 141 cm³/mol. The quantitative estimate of drug-likeness (QED) is 0.154. The summed E-state index contributed by atoms with van der Waals surface area (Å²) in [6, 6.07) is 25.0. The normalized spacial score (nSPS) is 11.8. The Hall–Kier alpha value is -5.37. The average Bonchev–Trinajstić information content (AvgIpc) is 3.45. The number of para-hydroxylation sites is 3. The molecule has 5 N–H and O–H groups in total. The van der Waals surface area contributed by atoms with Gasteiger partial charge < -0.3 is 30.1 Å². The molecule has 0 aliphatic heterocycles. The Bertz CT molecular complexity index is 2010. The van der Waals surface area contributed by atoms with E-state index in [1.165, 1.54) is 0 Å². The lowest BCUT2D eigenvalue weighted by atomic mass is 10.1. The van der Waals surface area contributed by atoms with Crippen LogP contribution in [0.5, 0.6) is 28.7 Å². The van der Waals surface area contributed by atoms with Gasteiger partial charge in [-0.3, -0.25) is 4.57 Å². The van der Waals surface area contributed by atoms with Crippen LogP contribution in [0.2, 0.25) is 0 Å². The molecule has 8 nitrogen and oxygen atoms in total. The van der Waals surface area contributed by atoms with Crippen LogP contribution in [-0.2, 0) is 0 Å². The maximum Gasteiger partial charge on any atom is 0.208 e. The van der Waals surface area contributed by atoms with E-state index in [0.717, 1.165) is 32.7 Å². The van der Waals surface area contributed by atoms with Crippen molar-refractivity contribution >= 4 is 43.7 Å². The summed E-state index contributed by atoms with van der Waals surface area (Å²) in [6.07, 6.45) is 1.74. The number of aromatic hydroxyl groups is 5. The number of fused-ring (bicyclic) bond motifs is 7. The molecule has 0 aliphatic rings. The molecule has 3 heterocycles. The summed E-state index contributed by atoms with van der Waals surface area (Å²) in [5, 5.41) is 55.8. The van der Waals surface area contributed by atoms with Crippen molar-refractivity contribution in [2.75, 3.05) is 0 Å². The van der Waals surface area contributed by atoms with Gasteiger partial charge in [0.25, 0.3) is 0 Å². The minimum absolute atomic E-state index is 0.261. The van der Waals surface area contributed by atoms with Crippen LogP contribution in [0.25, 0.3) is 55.1 Å². The molecule has 0 aliphatic carbocycles. The van der Waals surface area contributed by atoms with E-state index in [1.807, 2.05) is 77.4 Å². The summed E-state index contributed by atoms with van der Waals surface area (Å²) < 4.78 is 3.62. The molecular weight excluding hydrogens is 470 g/mol. The minimum atomic E-state index is -1.01. The second-order valence-electron chi connectivity index (χ2n) is 8.85. The van der Waals surface area contributed by atoms with Crippen molar-refractivity contribution in [1.82, 2.24) is 14.1 Å². The zero-order valence-electron chi connectivity index (χ0n) is 19.2. The fourth-order valence-electron chi connectivity index (χ4n) is 5.31. The summed E-state index contributed by atoms with van der Waals surface area (Å²) in [5.74, 6) is -4.42. The van der Waals surface area contributed by atoms with Gasteiger partial charge in [0.15, 0.2) is 11.5 Å². The van der Waals surface area contributed by atoms with Crippen LogP contribution in [0.1, 0.15) is 0 Å². The second kappa shape index (κ2) is 7.32. The molecule has 180 valence electrons. The van der Waals surface area contributed by atoms with Crippen LogP contribution in [-0.4, -0.2) is 39.7 Å². The fourth-order valence-corrected chi connectivity index (χ4v) is 5.31. The molecule has 0 amide bonds. The van der Waals surface area contributed by atoms with Crippen LogP contribution in [0.15, 0.2) is 85.1 Å². The lowest BCUT2D eigenvalue weighted by Crippen LogP contribution is -1.98. The summed E-state index contributed by atoms with van der Waals surface area (Å²) in [7, 11) is 0. The van der Waals surface area contributed by atoms with Gasteiger partial charge in [-0.15, -0.1) is 0 Å². The smallest absolute Gasteiger partial charge is 0.208 e. The molecule has 0 saturated carbocycles. The van der Waals surface area contributed by atoms with Gasteiger partial charge in [-0.1, -0.05) is 54.6 Å². The number of aromatic nitrogens is 3. The van der Waals surface area contributed by atoms with Crippen molar-refractivity contribution in [1.29, 1.82) is 0 Å². The molecule has 0 unspecified atom stereocenters. The third-order valence-corrected chi connectivity index (χ3v) is 6.90. The van der Waals surface area contributed by atoms with Crippen LogP contribution >= 0.6 is 0 Å². The highest BCUT2D eigenvalue weighted by atomic mass is 16.4. The van der Waals surface area contributed by atoms with E-state index in [4.69, 9.17) is 4.98 Å². The standard InChI is InChI=1S/C29H19N3O5/c33-24-23(25(34)27(36)28(37)26(24)35)32-19-12-6-4-10-16(19)18-14-30-29-21(22(18)32)17-11-5-7-13-20(17)31(29)15-8-2-1-3-9-15/h1-14,33-37H. The van der Waals surface area contributed by atoms with Crippen molar-refractivity contribution in [2.24, 2.45) is 0 Å². The first-order valence-corrected chi connectivity index (χ1v) is 11.5. The molecule has 0 radical (unpaired) electrons. The first-order chi connectivity index (χ1) is 18.0. The summed E-state index contributed by atoms with van der Waals surface area (Å²) in [6.45, 7) is 0. The number of rotatable bonds is 2. The lowest BCUT2D eigenvalue weighted by molar-refractivity contribution is 0.327. The van der Waals surface area contributed by atoms with Crippen molar-refractivity contribution in [3.8, 4) is 40.1 Å². The molecule has 0 bridgehead atoms. The highest BCUT2D eigenvalue weighted by molar-refractivity contribution is 6.25. The van der Waals surface area contributed by atoms with Gasteiger partial charge in [-0.2, -0.15) is 0 Å². The maximum absolute atomic E-state index is 10.9. The Balaban J connectivity index is 1.78. The van der Waals surface area contributed by atoms with E-state index in [9.17, 15) is 25.5 Å². The Labute approximate surface area is 208 Å². The number of pyridine rings is 1.